The molecule has 0 aliphatic heterocycles. The van der Waals surface area contributed by atoms with Crippen LogP contribution in [0, 0.1) is 13.8 Å². The van der Waals surface area contributed by atoms with Gasteiger partial charge in [0.15, 0.2) is 6.61 Å². The Kier molecular flexibility index (Phi) is 6.85. The van der Waals surface area contributed by atoms with Gasteiger partial charge < -0.3 is 9.15 Å². The zero-order chi connectivity index (χ0) is 21.0. The van der Waals surface area contributed by atoms with E-state index < -0.39 is 5.91 Å². The quantitative estimate of drug-likeness (QED) is 0.366. The first-order valence-corrected chi connectivity index (χ1v) is 9.73. The normalized spacial score (nSPS) is 11.1. The van der Waals surface area contributed by atoms with Crippen LogP contribution in [-0.4, -0.2) is 18.7 Å². The third kappa shape index (κ3) is 5.54. The van der Waals surface area contributed by atoms with Crippen LogP contribution >= 0.6 is 34.8 Å². The number of rotatable bonds is 6. The number of aryl methyl sites for hydroxylation is 2. The number of carbonyl (C=O) groups excluding carboxylic acids is 1. The Hall–Kier alpha value is -2.47. The fourth-order valence-electron chi connectivity index (χ4n) is 2.59. The fourth-order valence-corrected chi connectivity index (χ4v) is 3.08. The predicted molar refractivity (Wildman–Crippen MR) is 116 cm³/mol. The van der Waals surface area contributed by atoms with Crippen molar-refractivity contribution in [3.63, 3.8) is 0 Å². The van der Waals surface area contributed by atoms with E-state index >= 15 is 0 Å². The summed E-state index contributed by atoms with van der Waals surface area (Å²) in [6.45, 7) is 3.57. The second-order valence-electron chi connectivity index (χ2n) is 6.28. The number of nitrogens with one attached hydrogen (secondary N) is 1. The highest BCUT2D eigenvalue weighted by atomic mass is 35.5. The lowest BCUT2D eigenvalue weighted by Crippen LogP contribution is -2.24. The van der Waals surface area contributed by atoms with Crippen LogP contribution in [0.2, 0.25) is 15.1 Å². The van der Waals surface area contributed by atoms with Crippen LogP contribution in [0.25, 0.3) is 11.3 Å². The Morgan fingerprint density at radius 1 is 1.10 bits per heavy atom. The number of benzene rings is 2. The van der Waals surface area contributed by atoms with Gasteiger partial charge >= 0.3 is 0 Å². The summed E-state index contributed by atoms with van der Waals surface area (Å²) in [6, 6.07) is 12.1. The average molecular weight is 452 g/mol. The molecule has 0 aliphatic rings. The molecule has 0 bridgehead atoms. The van der Waals surface area contributed by atoms with Gasteiger partial charge in [0.25, 0.3) is 5.91 Å². The molecule has 1 aromatic heterocycles. The predicted octanol–water partition coefficient (Wildman–Crippen LogP) is 6.05. The maximum absolute atomic E-state index is 11.9. The molecule has 0 aliphatic carbocycles. The van der Waals surface area contributed by atoms with Crippen molar-refractivity contribution in [3.05, 3.63) is 74.4 Å². The van der Waals surface area contributed by atoms with Crippen molar-refractivity contribution in [1.82, 2.24) is 5.43 Å². The second kappa shape index (κ2) is 9.35. The van der Waals surface area contributed by atoms with Crippen molar-refractivity contribution < 1.29 is 13.9 Å². The molecule has 1 amide bonds. The average Bonchev–Trinajstić information content (AvgIpc) is 3.15. The first kappa shape index (κ1) is 21.2. The summed E-state index contributed by atoms with van der Waals surface area (Å²) in [5.41, 5.74) is 4.82. The third-order valence-corrected chi connectivity index (χ3v) is 5.14. The molecule has 0 unspecified atom stereocenters. The van der Waals surface area contributed by atoms with Crippen molar-refractivity contribution >= 4 is 46.9 Å². The first-order chi connectivity index (χ1) is 13.8. The summed E-state index contributed by atoms with van der Waals surface area (Å²) in [5.74, 6) is 1.15. The van der Waals surface area contributed by atoms with E-state index in [0.717, 1.165) is 11.1 Å². The number of nitrogens with zero attached hydrogens (tertiary/aromatic N) is 1. The van der Waals surface area contributed by atoms with Gasteiger partial charge in [-0.2, -0.15) is 5.10 Å². The maximum atomic E-state index is 11.9. The van der Waals surface area contributed by atoms with Gasteiger partial charge in [-0.05, 0) is 67.4 Å². The minimum Gasteiger partial charge on any atom is -0.484 e. The molecule has 150 valence electrons. The number of furan rings is 1. The van der Waals surface area contributed by atoms with Crippen LogP contribution in [0.15, 0.2) is 52.0 Å². The van der Waals surface area contributed by atoms with E-state index in [1.165, 1.54) is 6.21 Å². The van der Waals surface area contributed by atoms with Gasteiger partial charge in [0.1, 0.15) is 17.3 Å². The zero-order valence-electron chi connectivity index (χ0n) is 15.6. The van der Waals surface area contributed by atoms with E-state index in [-0.39, 0.29) is 6.61 Å². The van der Waals surface area contributed by atoms with Crippen molar-refractivity contribution in [2.45, 2.75) is 13.8 Å². The number of carbonyl (C=O) groups is 1. The van der Waals surface area contributed by atoms with Gasteiger partial charge in [0, 0.05) is 15.6 Å². The third-order valence-electron chi connectivity index (χ3n) is 3.98. The van der Waals surface area contributed by atoms with Crippen molar-refractivity contribution in [3.8, 4) is 17.1 Å². The van der Waals surface area contributed by atoms with Crippen molar-refractivity contribution in [1.29, 1.82) is 0 Å². The van der Waals surface area contributed by atoms with E-state index in [4.69, 9.17) is 44.0 Å². The molecule has 0 saturated carbocycles. The van der Waals surface area contributed by atoms with Gasteiger partial charge in [-0.1, -0.05) is 34.8 Å². The highest BCUT2D eigenvalue weighted by Gasteiger charge is 2.09. The number of hydrazone groups is 1. The first-order valence-electron chi connectivity index (χ1n) is 8.60. The number of halogens is 3. The van der Waals surface area contributed by atoms with Gasteiger partial charge in [-0.15, -0.1) is 0 Å². The summed E-state index contributed by atoms with van der Waals surface area (Å²) in [5, 5.41) is 5.62. The smallest absolute Gasteiger partial charge is 0.277 e. The SMILES string of the molecule is Cc1cc(OCC(=O)N/N=C\c2ccc(-c3cc(Cl)ccc3Cl)o2)cc(C)c1Cl. The number of hydrogen-bond acceptors (Lipinski definition) is 4. The van der Waals surface area contributed by atoms with Crippen LogP contribution in [0.4, 0.5) is 0 Å². The lowest BCUT2D eigenvalue weighted by molar-refractivity contribution is -0.123. The van der Waals surface area contributed by atoms with Crippen LogP contribution in [0.3, 0.4) is 0 Å². The van der Waals surface area contributed by atoms with Crippen LogP contribution in [-0.2, 0) is 4.79 Å². The molecule has 0 saturated heterocycles. The summed E-state index contributed by atoms with van der Waals surface area (Å²) >= 11 is 18.3. The highest BCUT2D eigenvalue weighted by Crippen LogP contribution is 2.31. The maximum Gasteiger partial charge on any atom is 0.277 e. The monoisotopic (exact) mass is 450 g/mol. The highest BCUT2D eigenvalue weighted by molar-refractivity contribution is 6.35. The zero-order valence-corrected chi connectivity index (χ0v) is 17.9. The molecule has 5 nitrogen and oxygen atoms in total. The molecule has 2 aromatic carbocycles. The molecular formula is C21H17Cl3N2O3. The van der Waals surface area contributed by atoms with E-state index in [1.807, 2.05) is 13.8 Å². The van der Waals surface area contributed by atoms with Crippen LogP contribution < -0.4 is 10.2 Å². The molecule has 8 heteroatoms. The molecule has 3 rings (SSSR count). The van der Waals surface area contributed by atoms with Crippen LogP contribution in [0.5, 0.6) is 5.75 Å². The Bertz CT molecular complexity index is 1050. The summed E-state index contributed by atoms with van der Waals surface area (Å²) in [7, 11) is 0. The van der Waals surface area contributed by atoms with E-state index in [2.05, 4.69) is 10.5 Å². The lowest BCUT2D eigenvalue weighted by atomic mass is 10.1. The molecule has 0 fully saturated rings. The largest absolute Gasteiger partial charge is 0.484 e. The van der Waals surface area contributed by atoms with Crippen molar-refractivity contribution in [2.24, 2.45) is 5.10 Å². The summed E-state index contributed by atoms with van der Waals surface area (Å²) in [6.07, 6.45) is 1.39. The molecule has 1 N–H and O–H groups in total. The molecule has 1 heterocycles. The summed E-state index contributed by atoms with van der Waals surface area (Å²) < 4.78 is 11.1. The van der Waals surface area contributed by atoms with E-state index in [9.17, 15) is 4.79 Å². The van der Waals surface area contributed by atoms with E-state index in [1.54, 1.807) is 42.5 Å². The fraction of sp³-hybridized carbons (Fsp3) is 0.143. The van der Waals surface area contributed by atoms with Gasteiger partial charge in [-0.3, -0.25) is 4.79 Å². The number of ether oxygens (including phenoxy) is 1. The molecular weight excluding hydrogens is 435 g/mol. The molecule has 0 atom stereocenters. The molecule has 29 heavy (non-hydrogen) atoms. The standard InChI is InChI=1S/C21H17Cl3N2O3/c1-12-7-16(8-13(2)21(12)24)28-11-20(27)26-25-10-15-4-6-19(29-15)17-9-14(22)3-5-18(17)23/h3-10H,11H2,1-2H3,(H,26,27)/b25-10-. The minimum absolute atomic E-state index is 0.181. The van der Waals surface area contributed by atoms with E-state index in [0.29, 0.717) is 37.9 Å². The molecule has 3 aromatic rings. The Morgan fingerprint density at radius 2 is 1.83 bits per heavy atom. The molecule has 0 spiro atoms. The van der Waals surface area contributed by atoms with Gasteiger partial charge in [0.05, 0.1) is 11.2 Å². The van der Waals surface area contributed by atoms with Crippen LogP contribution in [0.1, 0.15) is 16.9 Å². The minimum atomic E-state index is -0.406. The molecule has 0 radical (unpaired) electrons. The van der Waals surface area contributed by atoms with Crippen molar-refractivity contribution in [2.75, 3.05) is 6.61 Å². The number of amides is 1. The Labute approximate surface area is 183 Å². The second-order valence-corrected chi connectivity index (χ2v) is 7.50. The van der Waals surface area contributed by atoms with Gasteiger partial charge in [-0.25, -0.2) is 5.43 Å². The lowest BCUT2D eigenvalue weighted by Gasteiger charge is -2.09. The van der Waals surface area contributed by atoms with Gasteiger partial charge in [0.2, 0.25) is 0 Å². The summed E-state index contributed by atoms with van der Waals surface area (Å²) in [4.78, 5) is 11.9. The number of hydrogen-bond donors (Lipinski definition) is 1. The topological polar surface area (TPSA) is 63.8 Å². The Morgan fingerprint density at radius 3 is 2.55 bits per heavy atom. The Balaban J connectivity index is 1.56.